The predicted molar refractivity (Wildman–Crippen MR) is 111 cm³/mol. The zero-order valence-corrected chi connectivity index (χ0v) is 15.9. The first-order valence-electron chi connectivity index (χ1n) is 8.87. The van der Waals surface area contributed by atoms with Crippen molar-refractivity contribution in [2.24, 2.45) is 0 Å². The van der Waals surface area contributed by atoms with Crippen LogP contribution in [0, 0.1) is 0 Å². The molecule has 0 aliphatic carbocycles. The normalized spacial score (nSPS) is 10.7. The molecule has 28 heavy (non-hydrogen) atoms. The monoisotopic (exact) mass is 377 g/mol. The lowest BCUT2D eigenvalue weighted by Gasteiger charge is -2.13. The Morgan fingerprint density at radius 2 is 1.93 bits per heavy atom. The third-order valence-electron chi connectivity index (χ3n) is 3.89. The molecular weight excluding hydrogens is 354 g/mol. The fourth-order valence-electron chi connectivity index (χ4n) is 2.50. The van der Waals surface area contributed by atoms with Crippen LogP contribution in [0.4, 0.5) is 17.5 Å². The van der Waals surface area contributed by atoms with E-state index >= 15 is 0 Å². The van der Waals surface area contributed by atoms with E-state index in [1.807, 2.05) is 32.3 Å². The second kappa shape index (κ2) is 8.92. The average Bonchev–Trinajstić information content (AvgIpc) is 2.68. The van der Waals surface area contributed by atoms with E-state index in [2.05, 4.69) is 30.5 Å². The van der Waals surface area contributed by atoms with E-state index in [0.29, 0.717) is 40.9 Å². The van der Waals surface area contributed by atoms with Crippen molar-refractivity contribution in [2.75, 3.05) is 43.6 Å². The Labute approximate surface area is 163 Å². The summed E-state index contributed by atoms with van der Waals surface area (Å²) in [5.41, 5.74) is 8.06. The van der Waals surface area contributed by atoms with Gasteiger partial charge in [-0.15, -0.1) is 0 Å². The summed E-state index contributed by atoms with van der Waals surface area (Å²) in [5, 5.41) is 6.00. The fraction of sp³-hybridized carbons (Fsp3) is 0.200. The van der Waals surface area contributed by atoms with Crippen molar-refractivity contribution in [1.29, 1.82) is 0 Å². The Kier molecular flexibility index (Phi) is 6.13. The largest absolute Gasteiger partial charge is 0.399 e. The quantitative estimate of drug-likeness (QED) is 0.542. The topological polar surface area (TPSA) is 109 Å². The molecule has 3 aromatic rings. The Hall–Kier alpha value is -3.52. The number of nitrogens with zero attached hydrogens (tertiary/aromatic N) is 4. The Morgan fingerprint density at radius 1 is 1.07 bits per heavy atom. The summed E-state index contributed by atoms with van der Waals surface area (Å²) in [7, 11) is 3.98. The van der Waals surface area contributed by atoms with Gasteiger partial charge in [0, 0.05) is 36.6 Å². The van der Waals surface area contributed by atoms with Crippen LogP contribution in [-0.4, -0.2) is 52.9 Å². The number of carbonyl (C=O) groups excluding carboxylic acids is 1. The van der Waals surface area contributed by atoms with E-state index in [9.17, 15) is 4.79 Å². The van der Waals surface area contributed by atoms with Crippen LogP contribution in [0.3, 0.4) is 0 Å². The van der Waals surface area contributed by atoms with Gasteiger partial charge in [0.05, 0.1) is 11.4 Å². The van der Waals surface area contributed by atoms with E-state index in [0.717, 1.165) is 6.54 Å². The van der Waals surface area contributed by atoms with E-state index < -0.39 is 0 Å². The number of anilines is 3. The van der Waals surface area contributed by atoms with Gasteiger partial charge >= 0.3 is 0 Å². The third-order valence-corrected chi connectivity index (χ3v) is 3.89. The third kappa shape index (κ3) is 5.24. The van der Waals surface area contributed by atoms with Gasteiger partial charge in [-0.3, -0.25) is 9.78 Å². The van der Waals surface area contributed by atoms with Crippen LogP contribution >= 0.6 is 0 Å². The molecule has 144 valence electrons. The molecule has 0 fully saturated rings. The molecule has 0 bridgehead atoms. The molecule has 0 saturated heterocycles. The summed E-state index contributed by atoms with van der Waals surface area (Å²) in [5.74, 6) is 0.514. The van der Waals surface area contributed by atoms with Crippen LogP contribution in [0.1, 0.15) is 10.4 Å². The standard InChI is InChI=1S/C20H23N7O/c1-27(2)11-10-23-20-24-17(16-8-3-4-9-22-16)13-18(26-20)25-19(28)14-6-5-7-15(21)12-14/h3-9,12-13H,10-11,21H2,1-2H3,(H2,23,24,25,26,28). The maximum absolute atomic E-state index is 12.6. The molecule has 2 aromatic heterocycles. The van der Waals surface area contributed by atoms with Crippen LogP contribution < -0.4 is 16.4 Å². The average molecular weight is 377 g/mol. The number of aromatic nitrogens is 3. The first-order valence-corrected chi connectivity index (χ1v) is 8.87. The van der Waals surface area contributed by atoms with Gasteiger partial charge in [-0.25, -0.2) is 4.98 Å². The number of rotatable bonds is 7. The van der Waals surface area contributed by atoms with Gasteiger partial charge in [-0.2, -0.15) is 4.98 Å². The lowest BCUT2D eigenvalue weighted by molar-refractivity contribution is 0.102. The van der Waals surface area contributed by atoms with E-state index in [4.69, 9.17) is 5.73 Å². The Bertz CT molecular complexity index is 944. The minimum Gasteiger partial charge on any atom is -0.399 e. The number of nitrogens with one attached hydrogen (secondary N) is 2. The number of likely N-dealkylation sites (N-methyl/N-ethyl adjacent to an activating group) is 1. The zero-order chi connectivity index (χ0) is 19.9. The molecule has 8 nitrogen and oxygen atoms in total. The molecule has 0 radical (unpaired) electrons. The molecule has 3 rings (SSSR count). The summed E-state index contributed by atoms with van der Waals surface area (Å²) in [6, 6.07) is 14.1. The maximum Gasteiger partial charge on any atom is 0.256 e. The number of carbonyl (C=O) groups is 1. The second-order valence-electron chi connectivity index (χ2n) is 6.49. The van der Waals surface area contributed by atoms with Crippen molar-refractivity contribution >= 4 is 23.4 Å². The smallest absolute Gasteiger partial charge is 0.256 e. The summed E-state index contributed by atoms with van der Waals surface area (Å²) in [4.78, 5) is 27.9. The Balaban J connectivity index is 1.87. The molecule has 2 heterocycles. The minimum atomic E-state index is -0.294. The van der Waals surface area contributed by atoms with Crippen LogP contribution in [0.2, 0.25) is 0 Å². The van der Waals surface area contributed by atoms with Gasteiger partial charge in [0.1, 0.15) is 5.82 Å². The molecular formula is C20H23N7O. The van der Waals surface area contributed by atoms with Crippen molar-refractivity contribution in [1.82, 2.24) is 19.9 Å². The van der Waals surface area contributed by atoms with Crippen LogP contribution in [0.5, 0.6) is 0 Å². The SMILES string of the molecule is CN(C)CCNc1nc(NC(=O)c2cccc(N)c2)cc(-c2ccccn2)n1. The van der Waals surface area contributed by atoms with E-state index in [1.165, 1.54) is 0 Å². The highest BCUT2D eigenvalue weighted by Crippen LogP contribution is 2.20. The molecule has 0 atom stereocenters. The number of hydrogen-bond acceptors (Lipinski definition) is 7. The van der Waals surface area contributed by atoms with E-state index in [1.54, 1.807) is 36.5 Å². The molecule has 0 aliphatic rings. The highest BCUT2D eigenvalue weighted by Gasteiger charge is 2.12. The highest BCUT2D eigenvalue weighted by atomic mass is 16.1. The number of hydrogen-bond donors (Lipinski definition) is 3. The molecule has 4 N–H and O–H groups in total. The van der Waals surface area contributed by atoms with Crippen molar-refractivity contribution in [3.63, 3.8) is 0 Å². The van der Waals surface area contributed by atoms with E-state index in [-0.39, 0.29) is 5.91 Å². The highest BCUT2D eigenvalue weighted by molar-refractivity contribution is 6.04. The summed E-state index contributed by atoms with van der Waals surface area (Å²) >= 11 is 0. The van der Waals surface area contributed by atoms with Crippen molar-refractivity contribution in [3.8, 4) is 11.4 Å². The summed E-state index contributed by atoms with van der Waals surface area (Å²) in [6.45, 7) is 1.49. The fourth-order valence-corrected chi connectivity index (χ4v) is 2.50. The van der Waals surface area contributed by atoms with Crippen LogP contribution in [-0.2, 0) is 0 Å². The maximum atomic E-state index is 12.6. The van der Waals surface area contributed by atoms with Crippen molar-refractivity contribution in [3.05, 3.63) is 60.3 Å². The number of benzene rings is 1. The van der Waals surface area contributed by atoms with Crippen molar-refractivity contribution < 1.29 is 4.79 Å². The molecule has 8 heteroatoms. The van der Waals surface area contributed by atoms with Gasteiger partial charge in [-0.05, 0) is 44.4 Å². The van der Waals surface area contributed by atoms with Gasteiger partial charge in [0.15, 0.2) is 0 Å². The second-order valence-corrected chi connectivity index (χ2v) is 6.49. The van der Waals surface area contributed by atoms with Crippen LogP contribution in [0.15, 0.2) is 54.7 Å². The lowest BCUT2D eigenvalue weighted by atomic mass is 10.2. The van der Waals surface area contributed by atoms with Gasteiger partial charge < -0.3 is 21.3 Å². The van der Waals surface area contributed by atoms with Gasteiger partial charge in [0.2, 0.25) is 5.95 Å². The number of pyridine rings is 1. The Morgan fingerprint density at radius 3 is 2.64 bits per heavy atom. The summed E-state index contributed by atoms with van der Waals surface area (Å²) < 4.78 is 0. The minimum absolute atomic E-state index is 0.294. The number of nitrogens with two attached hydrogens (primary N) is 1. The molecule has 0 saturated carbocycles. The number of nitrogen functional groups attached to an aromatic ring is 1. The lowest BCUT2D eigenvalue weighted by Crippen LogP contribution is -2.22. The first kappa shape index (κ1) is 19.2. The predicted octanol–water partition coefficient (Wildman–Crippen LogP) is 2.35. The molecule has 0 unspecified atom stereocenters. The number of amides is 1. The van der Waals surface area contributed by atoms with Gasteiger partial charge in [-0.1, -0.05) is 12.1 Å². The molecule has 0 aliphatic heterocycles. The summed E-state index contributed by atoms with van der Waals surface area (Å²) in [6.07, 6.45) is 1.70. The molecule has 1 aromatic carbocycles. The van der Waals surface area contributed by atoms with Crippen molar-refractivity contribution in [2.45, 2.75) is 0 Å². The van der Waals surface area contributed by atoms with Gasteiger partial charge in [0.25, 0.3) is 5.91 Å². The molecule has 1 amide bonds. The first-order chi connectivity index (χ1) is 13.5. The van der Waals surface area contributed by atoms with Crippen LogP contribution in [0.25, 0.3) is 11.4 Å². The zero-order valence-electron chi connectivity index (χ0n) is 15.9. The molecule has 0 spiro atoms.